The van der Waals surface area contributed by atoms with Gasteiger partial charge in [-0.15, -0.1) is 0 Å². The molecule has 1 atom stereocenters. The highest BCUT2D eigenvalue weighted by atomic mass is 16.6. The van der Waals surface area contributed by atoms with Crippen molar-refractivity contribution in [3.8, 4) is 11.5 Å². The lowest BCUT2D eigenvalue weighted by Crippen LogP contribution is -2.39. The Kier molecular flexibility index (Phi) is 8.08. The van der Waals surface area contributed by atoms with E-state index < -0.39 is 5.91 Å². The average Bonchev–Trinajstić information content (AvgIpc) is 2.92. The van der Waals surface area contributed by atoms with Gasteiger partial charge in [0.1, 0.15) is 24.6 Å². The second kappa shape index (κ2) is 11.8. The smallest absolute Gasteiger partial charge is 0.254 e. The van der Waals surface area contributed by atoms with Crippen LogP contribution in [0.25, 0.3) is 0 Å². The van der Waals surface area contributed by atoms with Crippen LogP contribution in [0.15, 0.2) is 53.9 Å². The summed E-state index contributed by atoms with van der Waals surface area (Å²) in [5.74, 6) is 0.841. The Labute approximate surface area is 213 Å². The maximum Gasteiger partial charge on any atom is 0.254 e. The van der Waals surface area contributed by atoms with Gasteiger partial charge in [0.25, 0.3) is 5.91 Å². The van der Waals surface area contributed by atoms with E-state index in [-0.39, 0.29) is 29.2 Å². The van der Waals surface area contributed by atoms with E-state index in [1.54, 1.807) is 29.3 Å². The van der Waals surface area contributed by atoms with E-state index in [9.17, 15) is 9.59 Å². The third-order valence-corrected chi connectivity index (χ3v) is 5.73. The minimum Gasteiger partial charge on any atom is -0.486 e. The molecule has 192 valence electrons. The number of likely N-dealkylation sites (tertiary alicyclic amines) is 1. The molecule has 0 saturated carbocycles. The normalized spacial score (nSPS) is 17.2. The maximum atomic E-state index is 12.0. The first kappa shape index (κ1) is 25.4. The van der Waals surface area contributed by atoms with E-state index in [2.05, 4.69) is 32.2 Å². The summed E-state index contributed by atoms with van der Waals surface area (Å²) in [5, 5.41) is 13.7. The number of hydrogen-bond donors (Lipinski definition) is 4. The molecular formula is C25H28N8O4. The lowest BCUT2D eigenvalue weighted by atomic mass is 9.99. The zero-order valence-electron chi connectivity index (χ0n) is 20.1. The highest BCUT2D eigenvalue weighted by Gasteiger charge is 2.21. The molecule has 1 aromatic heterocycles. The van der Waals surface area contributed by atoms with Gasteiger partial charge in [0.05, 0.1) is 11.9 Å². The molecule has 0 bridgehead atoms. The van der Waals surface area contributed by atoms with Crippen LogP contribution in [-0.4, -0.2) is 65.4 Å². The van der Waals surface area contributed by atoms with Gasteiger partial charge in [-0.1, -0.05) is 6.58 Å². The first-order valence-electron chi connectivity index (χ1n) is 11.7. The number of amides is 2. The quantitative estimate of drug-likeness (QED) is 0.298. The second-order valence-electron chi connectivity index (χ2n) is 8.35. The third-order valence-electron chi connectivity index (χ3n) is 5.73. The zero-order chi connectivity index (χ0) is 26.2. The van der Waals surface area contributed by atoms with Gasteiger partial charge in [-0.3, -0.25) is 14.6 Å². The van der Waals surface area contributed by atoms with Gasteiger partial charge in [-0.2, -0.15) is 4.98 Å². The Morgan fingerprint density at radius 1 is 1.27 bits per heavy atom. The molecular weight excluding hydrogens is 476 g/mol. The van der Waals surface area contributed by atoms with Gasteiger partial charge < -0.3 is 36.2 Å². The summed E-state index contributed by atoms with van der Waals surface area (Å²) >= 11 is 0. The highest BCUT2D eigenvalue weighted by Crippen LogP contribution is 2.33. The molecule has 12 nitrogen and oxygen atoms in total. The number of fused-ring (bicyclic) bond motifs is 1. The number of piperidine rings is 1. The van der Waals surface area contributed by atoms with Crippen molar-refractivity contribution in [1.29, 1.82) is 5.41 Å². The molecule has 1 unspecified atom stereocenters. The lowest BCUT2D eigenvalue weighted by molar-refractivity contribution is -0.127. The van der Waals surface area contributed by atoms with E-state index in [0.717, 1.165) is 19.1 Å². The third kappa shape index (κ3) is 6.48. The number of hydrogen-bond acceptors (Lipinski definition) is 10. The number of nitrogens with zero attached hydrogens (tertiary/aromatic N) is 4. The number of allylic oxidation sites excluding steroid dienone is 1. The number of rotatable bonds is 9. The molecule has 2 aliphatic heterocycles. The Balaban J connectivity index is 1.47. The molecule has 0 spiro atoms. The Bertz CT molecular complexity index is 1260. The van der Waals surface area contributed by atoms with Gasteiger partial charge in [0, 0.05) is 49.4 Å². The SMILES string of the molecule is C=CC(=O)N1CCCC(C=N/C=C(\C=N)Nc2ncc(C(N)=O)c(Nc3ccc4c(c3)OCCO4)n2)C1. The van der Waals surface area contributed by atoms with E-state index in [1.807, 2.05) is 0 Å². The number of aliphatic imine (C=N–C) groups is 1. The summed E-state index contributed by atoms with van der Waals surface area (Å²) in [7, 11) is 0. The fourth-order valence-electron chi connectivity index (χ4n) is 3.92. The van der Waals surface area contributed by atoms with E-state index in [4.69, 9.17) is 20.6 Å². The molecule has 1 aromatic carbocycles. The van der Waals surface area contributed by atoms with Crippen molar-refractivity contribution in [3.05, 3.63) is 54.5 Å². The number of primary amides is 1. The predicted octanol–water partition coefficient (Wildman–Crippen LogP) is 2.49. The second-order valence-corrected chi connectivity index (χ2v) is 8.35. The molecule has 4 rings (SSSR count). The summed E-state index contributed by atoms with van der Waals surface area (Å²) in [6.07, 6.45) is 8.73. The van der Waals surface area contributed by atoms with Crippen LogP contribution in [0.3, 0.4) is 0 Å². The van der Waals surface area contributed by atoms with E-state index in [1.165, 1.54) is 18.5 Å². The average molecular weight is 505 g/mol. The van der Waals surface area contributed by atoms with E-state index >= 15 is 0 Å². The molecule has 0 radical (unpaired) electrons. The van der Waals surface area contributed by atoms with Gasteiger partial charge in [-0.05, 0) is 31.1 Å². The van der Waals surface area contributed by atoms with Gasteiger partial charge in [0.2, 0.25) is 11.9 Å². The van der Waals surface area contributed by atoms with Crippen LogP contribution in [0.2, 0.25) is 0 Å². The van der Waals surface area contributed by atoms with Crippen molar-refractivity contribution < 1.29 is 19.1 Å². The molecule has 1 fully saturated rings. The number of nitrogens with one attached hydrogen (secondary N) is 3. The highest BCUT2D eigenvalue weighted by molar-refractivity contribution is 5.98. The first-order valence-corrected chi connectivity index (χ1v) is 11.7. The van der Waals surface area contributed by atoms with Crippen molar-refractivity contribution in [3.63, 3.8) is 0 Å². The molecule has 5 N–H and O–H groups in total. The van der Waals surface area contributed by atoms with Crippen LogP contribution in [-0.2, 0) is 4.79 Å². The Hall–Kier alpha value is -4.74. The summed E-state index contributed by atoms with van der Waals surface area (Å²) in [5.41, 5.74) is 6.54. The lowest BCUT2D eigenvalue weighted by Gasteiger charge is -2.30. The first-order chi connectivity index (χ1) is 18.0. The monoisotopic (exact) mass is 504 g/mol. The number of benzene rings is 1. The van der Waals surface area contributed by atoms with Crippen LogP contribution in [0.4, 0.5) is 17.5 Å². The minimum atomic E-state index is -0.699. The number of nitrogens with two attached hydrogens (primary N) is 1. The van der Waals surface area contributed by atoms with Crippen molar-refractivity contribution in [2.45, 2.75) is 12.8 Å². The molecule has 2 aliphatic rings. The van der Waals surface area contributed by atoms with Crippen molar-refractivity contribution in [2.75, 3.05) is 36.9 Å². The summed E-state index contributed by atoms with van der Waals surface area (Å²) in [6.45, 7) is 5.74. The molecule has 3 heterocycles. The van der Waals surface area contributed by atoms with Gasteiger partial charge in [-0.25, -0.2) is 4.98 Å². The fraction of sp³-hybridized carbons (Fsp3) is 0.280. The molecule has 2 amide bonds. The number of carbonyl (C=O) groups excluding carboxylic acids is 2. The van der Waals surface area contributed by atoms with Crippen LogP contribution in [0, 0.1) is 11.3 Å². The van der Waals surface area contributed by atoms with Crippen LogP contribution in [0.1, 0.15) is 23.2 Å². The molecule has 12 heteroatoms. The Morgan fingerprint density at radius 2 is 2.08 bits per heavy atom. The topological polar surface area (TPSA) is 168 Å². The number of ether oxygens (including phenoxy) is 2. The van der Waals surface area contributed by atoms with Gasteiger partial charge in [0.15, 0.2) is 11.5 Å². The zero-order valence-corrected chi connectivity index (χ0v) is 20.1. The Morgan fingerprint density at radius 3 is 2.84 bits per heavy atom. The number of anilines is 3. The summed E-state index contributed by atoms with van der Waals surface area (Å²) < 4.78 is 11.1. The molecule has 2 aromatic rings. The van der Waals surface area contributed by atoms with Crippen LogP contribution in [0.5, 0.6) is 11.5 Å². The molecule has 1 saturated heterocycles. The fourth-order valence-corrected chi connectivity index (χ4v) is 3.92. The van der Waals surface area contributed by atoms with E-state index in [0.29, 0.717) is 49.2 Å². The number of carbonyl (C=O) groups is 2. The number of aromatic nitrogens is 2. The van der Waals surface area contributed by atoms with Crippen molar-refractivity contribution >= 4 is 41.7 Å². The summed E-state index contributed by atoms with van der Waals surface area (Å²) in [4.78, 5) is 38.4. The largest absolute Gasteiger partial charge is 0.486 e. The van der Waals surface area contributed by atoms with Crippen LogP contribution < -0.4 is 25.8 Å². The van der Waals surface area contributed by atoms with Crippen LogP contribution >= 0.6 is 0 Å². The standard InChI is InChI=1S/C25H28N8O4/c1-2-22(34)33-7-3-4-16(15-33)12-28-13-18(11-26)31-25-29-14-19(23(27)35)24(32-25)30-17-5-6-20-21(10-17)37-9-8-36-20/h2,5-6,10-14,16,26H,1,3-4,7-9,15H2,(H2,27,35)(H2,29,30,31,32)/b18-13+,26-11?,28-12?. The molecule has 37 heavy (non-hydrogen) atoms. The summed E-state index contributed by atoms with van der Waals surface area (Å²) in [6, 6.07) is 5.26. The predicted molar refractivity (Wildman–Crippen MR) is 140 cm³/mol. The molecule has 0 aliphatic carbocycles. The van der Waals surface area contributed by atoms with Crippen molar-refractivity contribution in [1.82, 2.24) is 14.9 Å². The minimum absolute atomic E-state index is 0.0901. The maximum absolute atomic E-state index is 12.0. The van der Waals surface area contributed by atoms with Gasteiger partial charge >= 0.3 is 0 Å². The van der Waals surface area contributed by atoms with Crippen molar-refractivity contribution in [2.24, 2.45) is 16.6 Å².